The van der Waals surface area contributed by atoms with Crippen LogP contribution in [0.15, 0.2) is 61.6 Å². The predicted octanol–water partition coefficient (Wildman–Crippen LogP) is 8.44. The van der Waals surface area contributed by atoms with Crippen molar-refractivity contribution in [1.82, 2.24) is 34.9 Å². The van der Waals surface area contributed by atoms with E-state index in [1.54, 1.807) is 24.7 Å². The summed E-state index contributed by atoms with van der Waals surface area (Å²) in [6, 6.07) is 5.43. The Morgan fingerprint density at radius 3 is 1.48 bits per heavy atom. The molecule has 0 aliphatic carbocycles. The van der Waals surface area contributed by atoms with E-state index in [0.29, 0.717) is 27.0 Å². The summed E-state index contributed by atoms with van der Waals surface area (Å²) in [5.41, 5.74) is 10.8. The number of hydrogen-bond donors (Lipinski definition) is 2. The van der Waals surface area contributed by atoms with E-state index in [4.69, 9.17) is 53.7 Å². The number of pyridine rings is 3. The van der Waals surface area contributed by atoms with Crippen molar-refractivity contribution in [3.8, 4) is 0 Å². The van der Waals surface area contributed by atoms with Gasteiger partial charge in [-0.15, -0.1) is 9.97 Å². The fourth-order valence-electron chi connectivity index (χ4n) is 2.72. The van der Waals surface area contributed by atoms with E-state index in [9.17, 15) is 0 Å². The Morgan fingerprint density at radius 1 is 0.545 bits per heavy atom. The molecule has 0 saturated carbocycles. The molecule has 0 saturated heterocycles. The Balaban J connectivity index is 0.000000216. The van der Waals surface area contributed by atoms with Crippen LogP contribution in [-0.2, 0) is 0 Å². The van der Waals surface area contributed by atoms with Gasteiger partial charge in [0.05, 0.1) is 12.4 Å². The molecule has 0 unspecified atom stereocenters. The second kappa shape index (κ2) is 17.9. The lowest BCUT2D eigenvalue weighted by molar-refractivity contribution is 1.17. The molecule has 0 atom stereocenters. The van der Waals surface area contributed by atoms with Gasteiger partial charge in [-0.1, -0.05) is 47.9 Å². The van der Waals surface area contributed by atoms with Gasteiger partial charge in [0.1, 0.15) is 16.1 Å². The zero-order valence-corrected chi connectivity index (χ0v) is 26.8. The third-order valence-corrected chi connectivity index (χ3v) is 6.32. The molecule has 11 nitrogen and oxygen atoms in total. The average molecular weight is 649 g/mol. The maximum atomic E-state index is 6.78. The first-order valence-corrected chi connectivity index (χ1v) is 13.8. The molecule has 0 bridgehead atoms. The standard InChI is InChI=1S/C12H11N5.C7H8ClN.C6H5Cl2N.C5H4N4/c1-8-4-10(14-5-9(8)2)17-12-7-15-11(13-3)6-16-12;1-5-3-7(8)9-4-6(5)2;1-4-3-9-6(8)2-5(4)7;1-7-5-3-8-4(6)2-9-5/h4-7H,1-2H3,(H,14,16,17);3-4H,1-2H3;2-3H,1H3;2-3H,(H2,6,8). The van der Waals surface area contributed by atoms with Crippen LogP contribution in [-0.4, -0.2) is 34.9 Å². The van der Waals surface area contributed by atoms with E-state index >= 15 is 0 Å². The van der Waals surface area contributed by atoms with Gasteiger partial charge < -0.3 is 20.7 Å². The lowest BCUT2D eigenvalue weighted by Gasteiger charge is -2.05. The highest BCUT2D eigenvalue weighted by atomic mass is 35.5. The van der Waals surface area contributed by atoms with E-state index < -0.39 is 0 Å². The van der Waals surface area contributed by atoms with Crippen LogP contribution < -0.4 is 11.1 Å². The van der Waals surface area contributed by atoms with E-state index in [1.165, 1.54) is 35.9 Å². The minimum atomic E-state index is 0.268. The summed E-state index contributed by atoms with van der Waals surface area (Å²) >= 11 is 16.8. The first-order chi connectivity index (χ1) is 20.9. The summed E-state index contributed by atoms with van der Waals surface area (Å²) < 4.78 is 0. The average Bonchev–Trinajstić information content (AvgIpc) is 3.01. The lowest BCUT2D eigenvalue weighted by atomic mass is 10.2. The van der Waals surface area contributed by atoms with Gasteiger partial charge in [0.15, 0.2) is 24.0 Å². The highest BCUT2D eigenvalue weighted by Crippen LogP contribution is 2.17. The summed E-state index contributed by atoms with van der Waals surface area (Å²) in [5.74, 6) is 2.18. The normalized spacial score (nSPS) is 9.41. The topological polar surface area (TPSA) is 137 Å². The fraction of sp³-hybridized carbons (Fsp3) is 0.167. The lowest BCUT2D eigenvalue weighted by Crippen LogP contribution is -1.97. The number of anilines is 3. The summed E-state index contributed by atoms with van der Waals surface area (Å²) in [7, 11) is 0. The molecular formula is C30H28Cl3N11. The maximum Gasteiger partial charge on any atom is 0.288 e. The Kier molecular flexibility index (Phi) is 14.3. The zero-order chi connectivity index (χ0) is 32.6. The Morgan fingerprint density at radius 2 is 1.05 bits per heavy atom. The number of nitrogens with zero attached hydrogens (tertiary/aromatic N) is 9. The van der Waals surface area contributed by atoms with Crippen molar-refractivity contribution < 1.29 is 0 Å². The summed E-state index contributed by atoms with van der Waals surface area (Å²) in [5, 5.41) is 4.70. The van der Waals surface area contributed by atoms with Crippen molar-refractivity contribution in [3.63, 3.8) is 0 Å². The molecule has 0 amide bonds. The first kappa shape index (κ1) is 35.3. The molecule has 0 aromatic carbocycles. The highest BCUT2D eigenvalue weighted by Gasteiger charge is 2.02. The SMILES string of the molecule is Cc1cnc(Cl)cc1C.Cc1cnc(Cl)cc1Cl.[C-]#[N+]c1cnc(N)cn1.[C-]#[N+]c1cnc(Nc2cc(C)c(C)cn2)cn1. The molecule has 5 heterocycles. The molecule has 224 valence electrons. The van der Waals surface area contributed by atoms with Gasteiger partial charge in [0.25, 0.3) is 11.6 Å². The van der Waals surface area contributed by atoms with Crippen molar-refractivity contribution in [2.24, 2.45) is 0 Å². The Hall–Kier alpha value is -4.94. The Labute approximate surface area is 271 Å². The molecule has 0 spiro atoms. The van der Waals surface area contributed by atoms with Crippen molar-refractivity contribution in [3.05, 3.63) is 128 Å². The maximum absolute atomic E-state index is 6.78. The number of nitrogens with one attached hydrogen (secondary N) is 1. The van der Waals surface area contributed by atoms with Crippen LogP contribution in [0.25, 0.3) is 9.69 Å². The molecule has 0 aliphatic heterocycles. The minimum absolute atomic E-state index is 0.268. The number of aryl methyl sites for hydroxylation is 5. The van der Waals surface area contributed by atoms with Crippen molar-refractivity contribution >= 4 is 63.9 Å². The third-order valence-electron chi connectivity index (χ3n) is 5.50. The molecule has 5 rings (SSSR count). The summed E-state index contributed by atoms with van der Waals surface area (Å²) in [4.78, 5) is 33.5. The molecule has 14 heteroatoms. The molecule has 5 aromatic rings. The summed E-state index contributed by atoms with van der Waals surface area (Å²) in [6.07, 6.45) is 10.9. The summed E-state index contributed by atoms with van der Waals surface area (Å²) in [6.45, 7) is 23.2. The van der Waals surface area contributed by atoms with Crippen molar-refractivity contribution in [2.45, 2.75) is 34.6 Å². The Bertz CT molecular complexity index is 1700. The van der Waals surface area contributed by atoms with Gasteiger partial charge in [0, 0.05) is 23.6 Å². The van der Waals surface area contributed by atoms with Crippen LogP contribution in [0.4, 0.5) is 29.1 Å². The highest BCUT2D eigenvalue weighted by molar-refractivity contribution is 6.34. The molecule has 0 fully saturated rings. The van der Waals surface area contributed by atoms with Crippen LogP contribution >= 0.6 is 34.8 Å². The van der Waals surface area contributed by atoms with Gasteiger partial charge in [-0.2, -0.15) is 0 Å². The number of aromatic nitrogens is 7. The molecule has 0 aliphatic rings. The number of hydrogen-bond acceptors (Lipinski definition) is 9. The van der Waals surface area contributed by atoms with Gasteiger partial charge >= 0.3 is 0 Å². The second-order valence-electron chi connectivity index (χ2n) is 8.91. The van der Waals surface area contributed by atoms with Crippen LogP contribution in [0.5, 0.6) is 0 Å². The predicted molar refractivity (Wildman–Crippen MR) is 176 cm³/mol. The monoisotopic (exact) mass is 647 g/mol. The quantitative estimate of drug-likeness (QED) is 0.143. The van der Waals surface area contributed by atoms with E-state index in [1.807, 2.05) is 46.8 Å². The zero-order valence-electron chi connectivity index (χ0n) is 24.5. The van der Waals surface area contributed by atoms with E-state index in [-0.39, 0.29) is 11.6 Å². The molecule has 5 aromatic heterocycles. The van der Waals surface area contributed by atoms with Gasteiger partial charge in [-0.05, 0) is 80.6 Å². The van der Waals surface area contributed by atoms with E-state index in [2.05, 4.69) is 49.9 Å². The fourth-order valence-corrected chi connectivity index (χ4v) is 3.30. The number of nitrogen functional groups attached to an aromatic ring is 1. The smallest absolute Gasteiger partial charge is 0.288 e. The molecule has 3 N–H and O–H groups in total. The number of nitrogens with two attached hydrogens (primary N) is 1. The van der Waals surface area contributed by atoms with Gasteiger partial charge in [0.2, 0.25) is 0 Å². The van der Waals surface area contributed by atoms with Crippen LogP contribution in [0, 0.1) is 47.8 Å². The van der Waals surface area contributed by atoms with Crippen LogP contribution in [0.2, 0.25) is 15.3 Å². The molecular weight excluding hydrogens is 621 g/mol. The second-order valence-corrected chi connectivity index (χ2v) is 10.1. The van der Waals surface area contributed by atoms with Crippen LogP contribution in [0.3, 0.4) is 0 Å². The number of halogens is 3. The van der Waals surface area contributed by atoms with Crippen LogP contribution in [0.1, 0.15) is 27.8 Å². The third kappa shape index (κ3) is 12.5. The molecule has 0 radical (unpaired) electrons. The van der Waals surface area contributed by atoms with Crippen molar-refractivity contribution in [2.75, 3.05) is 11.1 Å². The van der Waals surface area contributed by atoms with Crippen molar-refractivity contribution in [1.29, 1.82) is 0 Å². The van der Waals surface area contributed by atoms with Gasteiger partial charge in [-0.3, -0.25) is 0 Å². The van der Waals surface area contributed by atoms with E-state index in [0.717, 1.165) is 22.5 Å². The minimum Gasteiger partial charge on any atom is -0.381 e. The molecule has 44 heavy (non-hydrogen) atoms. The first-order valence-electron chi connectivity index (χ1n) is 12.6. The van der Waals surface area contributed by atoms with Gasteiger partial charge in [-0.25, -0.2) is 24.9 Å². The largest absolute Gasteiger partial charge is 0.381 e. The number of rotatable bonds is 2.